The van der Waals surface area contributed by atoms with Crippen molar-refractivity contribution in [2.75, 3.05) is 5.32 Å². The lowest BCUT2D eigenvalue weighted by Gasteiger charge is -2.37. The fourth-order valence-electron chi connectivity index (χ4n) is 4.61. The minimum absolute atomic E-state index is 0.574. The second kappa shape index (κ2) is 10.4. The first-order valence-corrected chi connectivity index (χ1v) is 13.2. The number of hydrogen-bond acceptors (Lipinski definition) is 6. The van der Waals surface area contributed by atoms with Gasteiger partial charge in [-0.15, -0.1) is 11.3 Å². The number of nitriles is 1. The third-order valence-electron chi connectivity index (χ3n) is 6.72. The quantitative estimate of drug-likeness (QED) is 0.167. The summed E-state index contributed by atoms with van der Waals surface area (Å²) in [6.45, 7) is 3.72. The van der Waals surface area contributed by atoms with Crippen molar-refractivity contribution in [1.82, 2.24) is 9.97 Å². The van der Waals surface area contributed by atoms with E-state index in [1.807, 2.05) is 79.9 Å². The molecule has 5 nitrogen and oxygen atoms in total. The van der Waals surface area contributed by atoms with Crippen LogP contribution in [0.15, 0.2) is 109 Å². The molecule has 0 atom stereocenters. The fraction of sp³-hybridized carbons (Fsp3) is 0.125. The lowest BCUT2D eigenvalue weighted by Crippen LogP contribution is -2.38. The predicted octanol–water partition coefficient (Wildman–Crippen LogP) is 7.41. The highest BCUT2D eigenvalue weighted by Crippen LogP contribution is 2.41. The molecule has 0 fully saturated rings. The molecular formula is C32H27N5S. The summed E-state index contributed by atoms with van der Waals surface area (Å²) in [6.07, 6.45) is 3.07. The largest absolute Gasteiger partial charge is 0.352 e. The molecule has 5 aromatic rings. The van der Waals surface area contributed by atoms with Crippen molar-refractivity contribution in [2.24, 2.45) is 0 Å². The molecule has 5 rings (SSSR count). The Labute approximate surface area is 227 Å². The number of anilines is 1. The maximum atomic E-state index is 9.58. The summed E-state index contributed by atoms with van der Waals surface area (Å²) in [5.41, 5.74) is 3.82. The lowest BCUT2D eigenvalue weighted by atomic mass is 9.77. The molecule has 0 aliphatic rings. The second-order valence-corrected chi connectivity index (χ2v) is 10.4. The van der Waals surface area contributed by atoms with E-state index in [-0.39, 0.29) is 0 Å². The molecule has 0 spiro atoms. The Balaban J connectivity index is 1.72. The van der Waals surface area contributed by atoms with E-state index >= 15 is 0 Å². The van der Waals surface area contributed by atoms with Gasteiger partial charge in [-0.2, -0.15) is 5.26 Å². The van der Waals surface area contributed by atoms with Crippen LogP contribution in [0.3, 0.4) is 0 Å². The number of aromatic nitrogens is 2. The third-order valence-corrected chi connectivity index (χ3v) is 7.59. The zero-order valence-corrected chi connectivity index (χ0v) is 22.0. The van der Waals surface area contributed by atoms with Gasteiger partial charge in [0.15, 0.2) is 0 Å². The lowest BCUT2D eigenvalue weighted by molar-refractivity contribution is 0.666. The van der Waals surface area contributed by atoms with Crippen molar-refractivity contribution in [3.63, 3.8) is 0 Å². The molecule has 2 heterocycles. The van der Waals surface area contributed by atoms with E-state index in [2.05, 4.69) is 47.8 Å². The standard InChI is InChI=1S/C32H27N5S/c1-31(2,22-34)28-21-38-30(36-28)26-18-19-35-29(27(26)20-33)37-32(23-12-6-3-7-13-23,24-14-8-4-9-15-24)25-16-10-5-11-17-25/h3-21,33H,1-2H3,(H,35,37). The Hall–Kier alpha value is -4.60. The average Bonchev–Trinajstić information content (AvgIpc) is 3.48. The first-order valence-electron chi connectivity index (χ1n) is 12.3. The summed E-state index contributed by atoms with van der Waals surface area (Å²) in [4.78, 5) is 9.51. The van der Waals surface area contributed by atoms with E-state index in [1.54, 1.807) is 6.20 Å². The van der Waals surface area contributed by atoms with Crippen LogP contribution in [-0.4, -0.2) is 16.2 Å². The molecule has 3 aromatic carbocycles. The van der Waals surface area contributed by atoms with E-state index in [9.17, 15) is 5.26 Å². The topological polar surface area (TPSA) is 85.5 Å². The summed E-state index contributed by atoms with van der Waals surface area (Å²) in [5, 5.41) is 24.4. The number of nitrogens with one attached hydrogen (secondary N) is 2. The summed E-state index contributed by atoms with van der Waals surface area (Å²) in [6, 6.07) is 35.1. The summed E-state index contributed by atoms with van der Waals surface area (Å²) in [7, 11) is 0. The zero-order valence-electron chi connectivity index (χ0n) is 21.2. The Bertz CT molecular complexity index is 1490. The van der Waals surface area contributed by atoms with Crippen LogP contribution in [0.2, 0.25) is 0 Å². The predicted molar refractivity (Wildman–Crippen MR) is 155 cm³/mol. The van der Waals surface area contributed by atoms with Crippen LogP contribution in [0.1, 0.15) is 41.8 Å². The van der Waals surface area contributed by atoms with Crippen LogP contribution in [0.4, 0.5) is 5.82 Å². The smallest absolute Gasteiger partial charge is 0.136 e. The zero-order chi connectivity index (χ0) is 26.6. The molecule has 6 heteroatoms. The first-order chi connectivity index (χ1) is 18.5. The number of pyridine rings is 1. The molecule has 2 N–H and O–H groups in total. The van der Waals surface area contributed by atoms with Crippen molar-refractivity contribution in [1.29, 1.82) is 10.7 Å². The van der Waals surface area contributed by atoms with Crippen LogP contribution in [0, 0.1) is 16.7 Å². The summed E-state index contributed by atoms with van der Waals surface area (Å²) >= 11 is 1.47. The molecule has 38 heavy (non-hydrogen) atoms. The Morgan fingerprint density at radius 1 is 0.842 bits per heavy atom. The number of hydrogen-bond donors (Lipinski definition) is 2. The van der Waals surface area contributed by atoms with Crippen LogP contribution in [0.5, 0.6) is 0 Å². The SMILES string of the molecule is CC(C)(C#N)c1csc(-c2ccnc(NC(c3ccccc3)(c3ccccc3)c3ccccc3)c2C=N)n1. The van der Waals surface area contributed by atoms with Crippen LogP contribution in [0.25, 0.3) is 10.6 Å². The van der Waals surface area contributed by atoms with E-state index in [4.69, 9.17) is 15.4 Å². The molecule has 0 aliphatic heterocycles. The Morgan fingerprint density at radius 2 is 1.37 bits per heavy atom. The van der Waals surface area contributed by atoms with Crippen molar-refractivity contribution in [3.8, 4) is 16.6 Å². The van der Waals surface area contributed by atoms with Gasteiger partial charge in [0.1, 0.15) is 16.4 Å². The Morgan fingerprint density at radius 3 is 1.84 bits per heavy atom. The normalized spacial score (nSPS) is 11.5. The van der Waals surface area contributed by atoms with Crippen LogP contribution < -0.4 is 5.32 Å². The van der Waals surface area contributed by atoms with Gasteiger partial charge in [-0.3, -0.25) is 0 Å². The molecule has 0 saturated carbocycles. The molecule has 0 aliphatic carbocycles. The average molecular weight is 514 g/mol. The number of thiazole rings is 1. The molecule has 0 unspecified atom stereocenters. The van der Waals surface area contributed by atoms with E-state index in [0.717, 1.165) is 33.0 Å². The molecule has 0 saturated heterocycles. The van der Waals surface area contributed by atoms with Crippen molar-refractivity contribution in [2.45, 2.75) is 24.8 Å². The van der Waals surface area contributed by atoms with Gasteiger partial charge in [0.25, 0.3) is 0 Å². The monoisotopic (exact) mass is 513 g/mol. The van der Waals surface area contributed by atoms with Crippen molar-refractivity contribution in [3.05, 3.63) is 137 Å². The van der Waals surface area contributed by atoms with Gasteiger partial charge in [0.2, 0.25) is 0 Å². The van der Waals surface area contributed by atoms with Crippen molar-refractivity contribution < 1.29 is 0 Å². The van der Waals surface area contributed by atoms with Gasteiger partial charge in [0.05, 0.1) is 17.2 Å². The fourth-order valence-corrected chi connectivity index (χ4v) is 5.63. The van der Waals surface area contributed by atoms with Gasteiger partial charge < -0.3 is 10.7 Å². The van der Waals surface area contributed by atoms with Gasteiger partial charge in [-0.25, -0.2) is 9.97 Å². The molecule has 0 bridgehead atoms. The molecule has 0 amide bonds. The van der Waals surface area contributed by atoms with E-state index in [1.165, 1.54) is 17.6 Å². The molecule has 0 radical (unpaired) electrons. The summed E-state index contributed by atoms with van der Waals surface area (Å²) in [5.74, 6) is 0.574. The third kappa shape index (κ3) is 4.49. The molecule has 186 valence electrons. The van der Waals surface area contributed by atoms with Gasteiger partial charge in [-0.1, -0.05) is 91.0 Å². The highest BCUT2D eigenvalue weighted by atomic mass is 32.1. The number of benzene rings is 3. The van der Waals surface area contributed by atoms with Gasteiger partial charge in [0, 0.05) is 28.9 Å². The molecule has 2 aromatic heterocycles. The maximum Gasteiger partial charge on any atom is 0.136 e. The second-order valence-electron chi connectivity index (χ2n) is 9.51. The summed E-state index contributed by atoms with van der Waals surface area (Å²) < 4.78 is 0. The van der Waals surface area contributed by atoms with Gasteiger partial charge in [-0.05, 0) is 36.6 Å². The van der Waals surface area contributed by atoms with E-state index in [0.29, 0.717) is 11.4 Å². The maximum absolute atomic E-state index is 9.58. The van der Waals surface area contributed by atoms with Crippen LogP contribution in [-0.2, 0) is 11.0 Å². The van der Waals surface area contributed by atoms with Gasteiger partial charge >= 0.3 is 0 Å². The number of rotatable bonds is 8. The minimum atomic E-state index is -0.774. The Kier molecular flexibility index (Phi) is 6.87. The highest BCUT2D eigenvalue weighted by molar-refractivity contribution is 7.13. The van der Waals surface area contributed by atoms with Crippen LogP contribution >= 0.6 is 11.3 Å². The molecular weight excluding hydrogens is 486 g/mol. The minimum Gasteiger partial charge on any atom is -0.352 e. The van der Waals surface area contributed by atoms with Crippen molar-refractivity contribution >= 4 is 23.4 Å². The highest BCUT2D eigenvalue weighted by Gasteiger charge is 2.37. The van der Waals surface area contributed by atoms with E-state index < -0.39 is 11.0 Å². The first kappa shape index (κ1) is 25.1. The number of nitrogens with zero attached hydrogens (tertiary/aromatic N) is 3.